The first-order valence-electron chi connectivity index (χ1n) is 10.0. The number of benzene rings is 1. The zero-order valence-corrected chi connectivity index (χ0v) is 16.8. The predicted octanol–water partition coefficient (Wildman–Crippen LogP) is 2.72. The Balaban J connectivity index is 1.45. The van der Waals surface area contributed by atoms with Crippen molar-refractivity contribution in [3.63, 3.8) is 0 Å². The van der Waals surface area contributed by atoms with E-state index in [0.29, 0.717) is 18.8 Å². The minimum atomic E-state index is -0.311. The van der Waals surface area contributed by atoms with Gasteiger partial charge < -0.3 is 19.2 Å². The van der Waals surface area contributed by atoms with Crippen LogP contribution in [-0.2, 0) is 17.9 Å². The van der Waals surface area contributed by atoms with Gasteiger partial charge in [-0.2, -0.15) is 0 Å². The molecule has 1 aliphatic heterocycles. The molecule has 0 unspecified atom stereocenters. The fourth-order valence-corrected chi connectivity index (χ4v) is 3.28. The Bertz CT molecular complexity index is 839. The van der Waals surface area contributed by atoms with Crippen molar-refractivity contribution >= 4 is 5.91 Å². The lowest BCUT2D eigenvalue weighted by Crippen LogP contribution is -2.29. The highest BCUT2D eigenvalue weighted by Gasteiger charge is 2.13. The normalized spacial score (nSPS) is 14.8. The highest BCUT2D eigenvalue weighted by Crippen LogP contribution is 2.14. The summed E-state index contributed by atoms with van der Waals surface area (Å²) in [5.74, 6) is 1.11. The Morgan fingerprint density at radius 1 is 1.14 bits per heavy atom. The molecule has 0 aliphatic carbocycles. The summed E-state index contributed by atoms with van der Waals surface area (Å²) in [6, 6.07) is 8.86. The maximum absolute atomic E-state index is 12.3. The van der Waals surface area contributed by atoms with Crippen LogP contribution in [-0.4, -0.2) is 37.6 Å². The summed E-state index contributed by atoms with van der Waals surface area (Å²) < 4.78 is 16.0. The van der Waals surface area contributed by atoms with E-state index in [9.17, 15) is 9.59 Å². The summed E-state index contributed by atoms with van der Waals surface area (Å²) in [5, 5.41) is 2.75. The van der Waals surface area contributed by atoms with Gasteiger partial charge in [0.15, 0.2) is 6.61 Å². The molecule has 7 heteroatoms. The van der Waals surface area contributed by atoms with Gasteiger partial charge in [-0.05, 0) is 43.6 Å². The first-order valence-corrected chi connectivity index (χ1v) is 10.0. The van der Waals surface area contributed by atoms with Crippen LogP contribution in [0.25, 0.3) is 0 Å². The number of rotatable bonds is 8. The van der Waals surface area contributed by atoms with Gasteiger partial charge in [-0.1, -0.05) is 25.0 Å². The minimum Gasteiger partial charge on any atom is -0.497 e. The largest absolute Gasteiger partial charge is 0.497 e. The van der Waals surface area contributed by atoms with Gasteiger partial charge in [0.05, 0.1) is 13.7 Å². The van der Waals surface area contributed by atoms with E-state index in [0.717, 1.165) is 24.4 Å². The lowest BCUT2D eigenvalue weighted by Gasteiger charge is -2.18. The number of methoxy groups -OCH3 is 1. The number of amides is 1. The quantitative estimate of drug-likeness (QED) is 0.734. The highest BCUT2D eigenvalue weighted by atomic mass is 16.5. The molecule has 0 saturated carbocycles. The second-order valence-electron chi connectivity index (χ2n) is 7.18. The van der Waals surface area contributed by atoms with E-state index in [1.165, 1.54) is 38.0 Å². The van der Waals surface area contributed by atoms with Crippen molar-refractivity contribution < 1.29 is 18.7 Å². The molecule has 2 heterocycles. The third kappa shape index (κ3) is 6.64. The van der Waals surface area contributed by atoms with Crippen LogP contribution in [0.5, 0.6) is 11.5 Å². The second kappa shape index (κ2) is 10.7. The van der Waals surface area contributed by atoms with E-state index in [-0.39, 0.29) is 23.7 Å². The number of hydrogen-bond donors (Lipinski definition) is 1. The Kier molecular flexibility index (Phi) is 7.69. The van der Waals surface area contributed by atoms with E-state index in [4.69, 9.17) is 13.9 Å². The van der Waals surface area contributed by atoms with Crippen molar-refractivity contribution in [2.45, 2.75) is 38.8 Å². The number of carbonyl (C=O) groups is 1. The SMILES string of the molecule is COc1ccc(CNC(=O)COc2coc(CN3CCCCCC3)cc2=O)cc1. The molecule has 0 radical (unpaired) electrons. The Morgan fingerprint density at radius 2 is 1.86 bits per heavy atom. The number of hydrogen-bond acceptors (Lipinski definition) is 6. The standard InChI is InChI=1S/C22H28N2O5/c1-27-18-8-6-17(7-9-18)13-23-22(26)16-29-21-15-28-19(12-20(21)25)14-24-10-4-2-3-5-11-24/h6-9,12,15H,2-5,10-11,13-14,16H2,1H3,(H,23,26). The van der Waals surface area contributed by atoms with Crippen molar-refractivity contribution in [3.8, 4) is 11.5 Å². The van der Waals surface area contributed by atoms with Crippen LogP contribution in [0.1, 0.15) is 37.0 Å². The van der Waals surface area contributed by atoms with Crippen LogP contribution in [0.3, 0.4) is 0 Å². The Hall–Kier alpha value is -2.80. The molecule has 0 atom stereocenters. The molecular weight excluding hydrogens is 372 g/mol. The summed E-state index contributed by atoms with van der Waals surface area (Å²) in [7, 11) is 1.60. The van der Waals surface area contributed by atoms with Crippen LogP contribution in [0.15, 0.2) is 45.8 Å². The summed E-state index contributed by atoms with van der Waals surface area (Å²) in [4.78, 5) is 26.5. The Morgan fingerprint density at radius 3 is 2.52 bits per heavy atom. The average Bonchev–Trinajstić information content (AvgIpc) is 3.00. The number of nitrogens with zero attached hydrogens (tertiary/aromatic N) is 1. The summed E-state index contributed by atoms with van der Waals surface area (Å²) in [6.45, 7) is 2.80. The van der Waals surface area contributed by atoms with Gasteiger partial charge in [0.2, 0.25) is 11.2 Å². The molecule has 1 aromatic heterocycles. The molecule has 1 aliphatic rings. The molecule has 3 rings (SSSR count). The Labute approximate surface area is 170 Å². The van der Waals surface area contributed by atoms with E-state index < -0.39 is 0 Å². The van der Waals surface area contributed by atoms with Crippen LogP contribution >= 0.6 is 0 Å². The van der Waals surface area contributed by atoms with Gasteiger partial charge in [-0.3, -0.25) is 14.5 Å². The maximum Gasteiger partial charge on any atom is 0.258 e. The summed E-state index contributed by atoms with van der Waals surface area (Å²) >= 11 is 0. The average molecular weight is 400 g/mol. The molecule has 0 bridgehead atoms. The predicted molar refractivity (Wildman–Crippen MR) is 109 cm³/mol. The van der Waals surface area contributed by atoms with Crippen molar-refractivity contribution in [1.82, 2.24) is 10.2 Å². The van der Waals surface area contributed by atoms with Gasteiger partial charge in [0.1, 0.15) is 17.8 Å². The molecule has 0 spiro atoms. The topological polar surface area (TPSA) is 81.0 Å². The monoisotopic (exact) mass is 400 g/mol. The van der Waals surface area contributed by atoms with Crippen LogP contribution in [0.2, 0.25) is 0 Å². The molecule has 156 valence electrons. The fourth-order valence-electron chi connectivity index (χ4n) is 3.28. The molecule has 1 N–H and O–H groups in total. The molecule has 7 nitrogen and oxygen atoms in total. The fraction of sp³-hybridized carbons (Fsp3) is 0.455. The van der Waals surface area contributed by atoms with Gasteiger partial charge in [0.25, 0.3) is 5.91 Å². The maximum atomic E-state index is 12.3. The van der Waals surface area contributed by atoms with Gasteiger partial charge in [-0.25, -0.2) is 0 Å². The van der Waals surface area contributed by atoms with E-state index in [1.54, 1.807) is 7.11 Å². The van der Waals surface area contributed by atoms with E-state index in [2.05, 4.69) is 10.2 Å². The second-order valence-corrected chi connectivity index (χ2v) is 7.18. The van der Waals surface area contributed by atoms with E-state index >= 15 is 0 Å². The smallest absolute Gasteiger partial charge is 0.258 e. The van der Waals surface area contributed by atoms with Crippen molar-refractivity contribution in [2.75, 3.05) is 26.8 Å². The molecule has 1 amide bonds. The van der Waals surface area contributed by atoms with Crippen LogP contribution in [0, 0.1) is 0 Å². The van der Waals surface area contributed by atoms with Gasteiger partial charge in [-0.15, -0.1) is 0 Å². The number of nitrogens with one attached hydrogen (secondary N) is 1. The zero-order chi connectivity index (χ0) is 20.5. The molecule has 2 aromatic rings. The van der Waals surface area contributed by atoms with Gasteiger partial charge >= 0.3 is 0 Å². The lowest BCUT2D eigenvalue weighted by molar-refractivity contribution is -0.123. The minimum absolute atomic E-state index is 0.0456. The highest BCUT2D eigenvalue weighted by molar-refractivity contribution is 5.77. The third-order valence-electron chi connectivity index (χ3n) is 4.94. The summed E-state index contributed by atoms with van der Waals surface area (Å²) in [5.41, 5.74) is 0.667. The molecule has 1 aromatic carbocycles. The van der Waals surface area contributed by atoms with E-state index in [1.807, 2.05) is 24.3 Å². The lowest BCUT2D eigenvalue weighted by atomic mass is 10.2. The molecule has 1 saturated heterocycles. The number of ether oxygens (including phenoxy) is 2. The van der Waals surface area contributed by atoms with Crippen LogP contribution < -0.4 is 20.2 Å². The first kappa shape index (κ1) is 20.9. The number of carbonyl (C=O) groups excluding carboxylic acids is 1. The van der Waals surface area contributed by atoms with Crippen molar-refractivity contribution in [1.29, 1.82) is 0 Å². The number of likely N-dealkylation sites (tertiary alicyclic amines) is 1. The zero-order valence-electron chi connectivity index (χ0n) is 16.8. The molecule has 29 heavy (non-hydrogen) atoms. The molecular formula is C22H28N2O5. The van der Waals surface area contributed by atoms with Crippen molar-refractivity contribution in [2.24, 2.45) is 0 Å². The molecule has 1 fully saturated rings. The van der Waals surface area contributed by atoms with Crippen LogP contribution in [0.4, 0.5) is 0 Å². The van der Waals surface area contributed by atoms with Gasteiger partial charge in [0, 0.05) is 12.6 Å². The third-order valence-corrected chi connectivity index (χ3v) is 4.94. The first-order chi connectivity index (χ1) is 14.1. The summed E-state index contributed by atoms with van der Waals surface area (Å²) in [6.07, 6.45) is 6.17. The van der Waals surface area contributed by atoms with Crippen molar-refractivity contribution in [3.05, 3.63) is 58.1 Å².